The van der Waals surface area contributed by atoms with E-state index in [0.29, 0.717) is 22.4 Å². The van der Waals surface area contributed by atoms with Gasteiger partial charge in [0, 0.05) is 45.3 Å². The molecule has 1 aliphatic heterocycles. The number of hydrogen-bond donors (Lipinski definition) is 4. The predicted octanol–water partition coefficient (Wildman–Crippen LogP) is 3.78. The van der Waals surface area contributed by atoms with Crippen LogP contribution in [0.4, 0.5) is 0 Å². The molecule has 3 aromatic carbocycles. The number of nitrogens with one attached hydrogen (secondary N) is 1. The molecule has 0 bridgehead atoms. The minimum absolute atomic E-state index is 0.000245. The van der Waals surface area contributed by atoms with Crippen LogP contribution in [-0.2, 0) is 13.1 Å². The third kappa shape index (κ3) is 5.78. The molecule has 1 fully saturated rings. The fraction of sp³-hybridized carbons (Fsp3) is 0.300. The average Bonchev–Trinajstić information content (AvgIpc) is 3.31. The van der Waals surface area contributed by atoms with Gasteiger partial charge in [0.1, 0.15) is 11.5 Å². The molecular weight excluding hydrogens is 510 g/mol. The van der Waals surface area contributed by atoms with Crippen LogP contribution in [0.5, 0.6) is 11.5 Å². The monoisotopic (exact) mass is 543 g/mol. The SMILES string of the molecule is CC(C)c1cc(-c2n[nH]c(=O)n2-c2ccc(CN3CCN(Cc4ccc(C(=O)O)cc4)CC3)cc2)c(O)cc1O. The molecule has 0 spiro atoms. The first-order valence-electron chi connectivity index (χ1n) is 13.3. The van der Waals surface area contributed by atoms with Gasteiger partial charge >= 0.3 is 11.7 Å². The molecule has 4 N–H and O–H groups in total. The van der Waals surface area contributed by atoms with Crippen LogP contribution in [0, 0.1) is 0 Å². The van der Waals surface area contributed by atoms with Gasteiger partial charge in [0.25, 0.3) is 0 Å². The van der Waals surface area contributed by atoms with Gasteiger partial charge < -0.3 is 15.3 Å². The van der Waals surface area contributed by atoms with E-state index in [1.54, 1.807) is 18.2 Å². The molecule has 0 radical (unpaired) electrons. The molecule has 0 atom stereocenters. The fourth-order valence-electron chi connectivity index (χ4n) is 5.08. The highest BCUT2D eigenvalue weighted by molar-refractivity contribution is 5.87. The van der Waals surface area contributed by atoms with Crippen LogP contribution >= 0.6 is 0 Å². The Hall–Kier alpha value is -4.41. The number of hydrogen-bond acceptors (Lipinski definition) is 7. The second kappa shape index (κ2) is 11.4. The number of phenolic OH excluding ortho intramolecular Hbond substituents is 2. The van der Waals surface area contributed by atoms with Crippen molar-refractivity contribution in [3.05, 3.63) is 93.4 Å². The number of piperazine rings is 1. The first kappa shape index (κ1) is 27.2. The molecule has 1 aliphatic rings. The maximum Gasteiger partial charge on any atom is 0.348 e. The molecule has 10 nitrogen and oxygen atoms in total. The van der Waals surface area contributed by atoms with Crippen LogP contribution in [0.25, 0.3) is 17.1 Å². The van der Waals surface area contributed by atoms with E-state index >= 15 is 0 Å². The molecule has 5 rings (SSSR count). The van der Waals surface area contributed by atoms with Gasteiger partial charge in [0.15, 0.2) is 5.82 Å². The number of aromatic hydroxyl groups is 2. The summed E-state index contributed by atoms with van der Waals surface area (Å²) in [5, 5.41) is 36.5. The number of H-pyrrole nitrogens is 1. The summed E-state index contributed by atoms with van der Waals surface area (Å²) in [5.41, 5.74) is 3.73. The Labute approximate surface area is 231 Å². The highest BCUT2D eigenvalue weighted by atomic mass is 16.4. The number of aromatic amines is 1. The van der Waals surface area contributed by atoms with Gasteiger partial charge in [-0.2, -0.15) is 5.10 Å². The summed E-state index contributed by atoms with van der Waals surface area (Å²) >= 11 is 0. The molecule has 4 aromatic rings. The Morgan fingerprint density at radius 1 is 0.875 bits per heavy atom. The number of nitrogens with zero attached hydrogens (tertiary/aromatic N) is 4. The highest BCUT2D eigenvalue weighted by Crippen LogP contribution is 2.37. The number of carboxylic acid groups (broad SMARTS) is 1. The van der Waals surface area contributed by atoms with Crippen molar-refractivity contribution >= 4 is 5.97 Å². The second-order valence-electron chi connectivity index (χ2n) is 10.5. The van der Waals surface area contributed by atoms with E-state index in [0.717, 1.165) is 50.4 Å². The van der Waals surface area contributed by atoms with Crippen molar-refractivity contribution in [3.8, 4) is 28.6 Å². The van der Waals surface area contributed by atoms with Crippen LogP contribution in [0.2, 0.25) is 0 Å². The number of phenols is 2. The van der Waals surface area contributed by atoms with Crippen LogP contribution in [0.3, 0.4) is 0 Å². The maximum absolute atomic E-state index is 12.7. The molecule has 0 amide bonds. The number of carboxylic acids is 1. The van der Waals surface area contributed by atoms with Crippen molar-refractivity contribution in [1.29, 1.82) is 0 Å². The smallest absolute Gasteiger partial charge is 0.348 e. The van der Waals surface area contributed by atoms with E-state index in [4.69, 9.17) is 5.11 Å². The minimum atomic E-state index is -0.915. The molecule has 2 heterocycles. The summed E-state index contributed by atoms with van der Waals surface area (Å²) in [4.78, 5) is 28.5. The Morgan fingerprint density at radius 2 is 1.43 bits per heavy atom. The molecule has 0 saturated carbocycles. The van der Waals surface area contributed by atoms with Crippen molar-refractivity contribution in [2.75, 3.05) is 26.2 Å². The molecular formula is C30H33N5O5. The Balaban J connectivity index is 1.24. The zero-order valence-corrected chi connectivity index (χ0v) is 22.5. The number of carbonyl (C=O) groups is 1. The number of aromatic carboxylic acids is 1. The van der Waals surface area contributed by atoms with Crippen LogP contribution < -0.4 is 5.69 Å². The summed E-state index contributed by atoms with van der Waals surface area (Å²) in [7, 11) is 0. The van der Waals surface area contributed by atoms with Gasteiger partial charge in [-0.25, -0.2) is 19.3 Å². The second-order valence-corrected chi connectivity index (χ2v) is 10.5. The molecule has 1 saturated heterocycles. The van der Waals surface area contributed by atoms with Gasteiger partial charge in [-0.05, 0) is 52.9 Å². The molecule has 1 aromatic heterocycles. The Morgan fingerprint density at radius 3 is 1.95 bits per heavy atom. The van der Waals surface area contributed by atoms with E-state index in [2.05, 4.69) is 20.0 Å². The average molecular weight is 544 g/mol. The van der Waals surface area contributed by atoms with Crippen molar-refractivity contribution in [2.45, 2.75) is 32.9 Å². The lowest BCUT2D eigenvalue weighted by Crippen LogP contribution is -2.45. The van der Waals surface area contributed by atoms with Crippen molar-refractivity contribution < 1.29 is 20.1 Å². The normalized spacial score (nSPS) is 14.6. The fourth-order valence-corrected chi connectivity index (χ4v) is 5.08. The van der Waals surface area contributed by atoms with E-state index < -0.39 is 11.7 Å². The van der Waals surface area contributed by atoms with Gasteiger partial charge in [-0.15, -0.1) is 0 Å². The number of benzene rings is 3. The molecule has 0 aliphatic carbocycles. The van der Waals surface area contributed by atoms with Crippen molar-refractivity contribution in [2.24, 2.45) is 0 Å². The summed E-state index contributed by atoms with van der Waals surface area (Å²) in [6.45, 7) is 9.12. The lowest BCUT2D eigenvalue weighted by Gasteiger charge is -2.34. The first-order chi connectivity index (χ1) is 19.2. The molecule has 40 heavy (non-hydrogen) atoms. The first-order valence-corrected chi connectivity index (χ1v) is 13.3. The van der Waals surface area contributed by atoms with E-state index in [9.17, 15) is 19.8 Å². The van der Waals surface area contributed by atoms with Crippen LogP contribution in [0.1, 0.15) is 46.8 Å². The molecule has 0 unspecified atom stereocenters. The Kier molecular flexibility index (Phi) is 7.72. The van der Waals surface area contributed by atoms with Crippen molar-refractivity contribution in [3.63, 3.8) is 0 Å². The lowest BCUT2D eigenvalue weighted by molar-refractivity contribution is 0.0696. The number of aromatic nitrogens is 3. The summed E-state index contributed by atoms with van der Waals surface area (Å²) in [6, 6.07) is 17.7. The largest absolute Gasteiger partial charge is 0.508 e. The van der Waals surface area contributed by atoms with E-state index in [1.807, 2.05) is 50.2 Å². The predicted molar refractivity (Wildman–Crippen MR) is 151 cm³/mol. The number of rotatable bonds is 8. The quantitative estimate of drug-likeness (QED) is 0.264. The summed E-state index contributed by atoms with van der Waals surface area (Å²) in [6.07, 6.45) is 0. The molecule has 10 heteroatoms. The summed E-state index contributed by atoms with van der Waals surface area (Å²) < 4.78 is 1.42. The topological polar surface area (TPSA) is 135 Å². The third-order valence-corrected chi connectivity index (χ3v) is 7.35. The van der Waals surface area contributed by atoms with Gasteiger partial charge in [-0.3, -0.25) is 9.80 Å². The van der Waals surface area contributed by atoms with Crippen molar-refractivity contribution in [1.82, 2.24) is 24.6 Å². The van der Waals surface area contributed by atoms with Gasteiger partial charge in [-0.1, -0.05) is 38.1 Å². The zero-order valence-electron chi connectivity index (χ0n) is 22.5. The third-order valence-electron chi connectivity index (χ3n) is 7.35. The van der Waals surface area contributed by atoms with Crippen LogP contribution in [-0.4, -0.2) is 72.0 Å². The van der Waals surface area contributed by atoms with E-state index in [1.165, 1.54) is 10.6 Å². The maximum atomic E-state index is 12.7. The van der Waals surface area contributed by atoms with Gasteiger partial charge in [0.05, 0.1) is 16.8 Å². The zero-order chi connectivity index (χ0) is 28.4. The highest BCUT2D eigenvalue weighted by Gasteiger charge is 2.20. The van der Waals surface area contributed by atoms with E-state index in [-0.39, 0.29) is 23.2 Å². The molecule has 208 valence electrons. The lowest BCUT2D eigenvalue weighted by atomic mass is 9.98. The standard InChI is InChI=1S/C30H33N5O5/c1-19(2)24-15-25(27(37)16-26(24)36)28-31-32-30(40)35(28)23-9-5-21(6-10-23)18-34-13-11-33(12-14-34)17-20-3-7-22(8-4-20)29(38)39/h3-10,15-16,19,36-37H,11-14,17-18H2,1-2H3,(H,32,40)(H,38,39). The van der Waals surface area contributed by atoms with Crippen LogP contribution in [0.15, 0.2) is 65.5 Å². The minimum Gasteiger partial charge on any atom is -0.508 e. The Bertz CT molecular complexity index is 1550. The van der Waals surface area contributed by atoms with Gasteiger partial charge in [0.2, 0.25) is 0 Å². The summed E-state index contributed by atoms with van der Waals surface area (Å²) in [5.74, 6) is -0.784.